The maximum atomic E-state index is 10.3. The zero-order chi connectivity index (χ0) is 7.28. The Morgan fingerprint density at radius 3 is 1.55 bits per heavy atom. The molecule has 0 radical (unpaired) electrons. The molecular formula is C6H12KNaO3. The zero-order valence-corrected chi connectivity index (χ0v) is 5.64. The Kier molecular flexibility index (Phi) is 19.8. The molecule has 3 nitrogen and oxygen atoms in total. The fraction of sp³-hybridized carbons (Fsp3) is 0.667. The van der Waals surface area contributed by atoms with E-state index in [1.807, 2.05) is 0 Å². The standard InChI is InChI=1S/C6H10O3.K.Na.2H/c1-3-5(7)9-6(8)4-2;;;;/h3-4H2,1-2H3;;;;. The summed E-state index contributed by atoms with van der Waals surface area (Å²) in [6.45, 7) is 3.29. The van der Waals surface area contributed by atoms with E-state index in [1.54, 1.807) is 13.8 Å². The number of carbonyl (C=O) groups is 2. The van der Waals surface area contributed by atoms with Gasteiger partial charge in [0.25, 0.3) is 0 Å². The van der Waals surface area contributed by atoms with Gasteiger partial charge in [0.15, 0.2) is 0 Å². The van der Waals surface area contributed by atoms with E-state index in [0.717, 1.165) is 0 Å². The van der Waals surface area contributed by atoms with Gasteiger partial charge in [-0.05, 0) is 0 Å². The normalized spacial score (nSPS) is 7.09. The molecule has 0 heterocycles. The van der Waals surface area contributed by atoms with E-state index in [0.29, 0.717) is 0 Å². The third-order valence-electron chi connectivity index (χ3n) is 0.805. The molecular weight excluding hydrogens is 182 g/mol. The van der Waals surface area contributed by atoms with Crippen molar-refractivity contribution >= 4 is 92.9 Å². The van der Waals surface area contributed by atoms with Crippen molar-refractivity contribution in [2.24, 2.45) is 0 Å². The van der Waals surface area contributed by atoms with Gasteiger partial charge in [0.05, 0.1) is 0 Å². The Bertz CT molecular complexity index is 113. The molecule has 0 saturated heterocycles. The Morgan fingerprint density at radius 2 is 1.36 bits per heavy atom. The van der Waals surface area contributed by atoms with Crippen LogP contribution in [0.25, 0.3) is 0 Å². The van der Waals surface area contributed by atoms with Gasteiger partial charge in [-0.3, -0.25) is 9.59 Å². The molecule has 56 valence electrons. The molecule has 0 saturated carbocycles. The number of ether oxygens (including phenoxy) is 1. The first kappa shape index (κ1) is 18.5. The molecule has 0 aliphatic heterocycles. The van der Waals surface area contributed by atoms with Crippen LogP contribution in [0.15, 0.2) is 0 Å². The molecule has 11 heavy (non-hydrogen) atoms. The molecule has 0 atom stereocenters. The van der Waals surface area contributed by atoms with Gasteiger partial charge in [0.1, 0.15) is 0 Å². The van der Waals surface area contributed by atoms with Crippen molar-refractivity contribution in [3.8, 4) is 0 Å². The van der Waals surface area contributed by atoms with Gasteiger partial charge in [-0.1, -0.05) is 13.8 Å². The van der Waals surface area contributed by atoms with E-state index in [4.69, 9.17) is 0 Å². The summed E-state index contributed by atoms with van der Waals surface area (Å²) in [6.07, 6.45) is 0.511. The summed E-state index contributed by atoms with van der Waals surface area (Å²) in [5, 5.41) is 0. The molecule has 0 aromatic rings. The molecule has 0 fully saturated rings. The monoisotopic (exact) mass is 194 g/mol. The summed E-state index contributed by atoms with van der Waals surface area (Å²) in [4.78, 5) is 20.7. The van der Waals surface area contributed by atoms with Crippen LogP contribution in [0, 0.1) is 0 Å². The molecule has 0 amide bonds. The van der Waals surface area contributed by atoms with Crippen LogP contribution < -0.4 is 0 Å². The van der Waals surface area contributed by atoms with Crippen LogP contribution in [0.1, 0.15) is 26.7 Å². The van der Waals surface area contributed by atoms with Crippen LogP contribution in [0.3, 0.4) is 0 Å². The number of esters is 2. The zero-order valence-electron chi connectivity index (χ0n) is 5.64. The minimum absolute atomic E-state index is 0. The number of hydrogen-bond donors (Lipinski definition) is 0. The Labute approximate surface area is 131 Å². The third kappa shape index (κ3) is 11.8. The molecule has 0 aromatic heterocycles. The van der Waals surface area contributed by atoms with Gasteiger partial charge in [-0.25, -0.2) is 0 Å². The SMILES string of the molecule is CCC(=O)OC(=O)CC.[KH].[NaH]. The summed E-state index contributed by atoms with van der Waals surface area (Å²) in [5.74, 6) is -0.913. The first-order valence-electron chi connectivity index (χ1n) is 2.94. The van der Waals surface area contributed by atoms with Gasteiger partial charge in [-0.2, -0.15) is 0 Å². The Morgan fingerprint density at radius 1 is 1.09 bits per heavy atom. The van der Waals surface area contributed by atoms with Gasteiger partial charge < -0.3 is 4.74 Å². The second kappa shape index (κ2) is 11.8. The number of rotatable bonds is 2. The van der Waals surface area contributed by atoms with Crippen LogP contribution >= 0.6 is 0 Å². The molecule has 0 N–H and O–H groups in total. The quantitative estimate of drug-likeness (QED) is 0.340. The van der Waals surface area contributed by atoms with Gasteiger partial charge in [-0.15, -0.1) is 0 Å². The Hall–Kier alpha value is 1.78. The molecule has 0 spiro atoms. The van der Waals surface area contributed by atoms with Crippen molar-refractivity contribution in [1.82, 2.24) is 0 Å². The van der Waals surface area contributed by atoms with E-state index >= 15 is 0 Å². The minimum atomic E-state index is -0.457. The van der Waals surface area contributed by atoms with Crippen LogP contribution in [-0.4, -0.2) is 92.9 Å². The summed E-state index contributed by atoms with van der Waals surface area (Å²) in [6, 6.07) is 0. The van der Waals surface area contributed by atoms with E-state index in [-0.39, 0.29) is 93.8 Å². The van der Waals surface area contributed by atoms with E-state index in [2.05, 4.69) is 4.74 Å². The van der Waals surface area contributed by atoms with Gasteiger partial charge in [0.2, 0.25) is 0 Å². The third-order valence-corrected chi connectivity index (χ3v) is 0.805. The average molecular weight is 194 g/mol. The molecule has 0 aromatic carbocycles. The fourth-order valence-electron chi connectivity index (χ4n) is 0.271. The molecule has 0 aliphatic carbocycles. The molecule has 0 unspecified atom stereocenters. The summed E-state index contributed by atoms with van der Waals surface area (Å²) >= 11 is 0. The molecule has 0 rings (SSSR count). The maximum absolute atomic E-state index is 10.3. The van der Waals surface area contributed by atoms with Gasteiger partial charge >= 0.3 is 92.9 Å². The van der Waals surface area contributed by atoms with E-state index < -0.39 is 11.9 Å². The fourth-order valence-corrected chi connectivity index (χ4v) is 0.271. The summed E-state index contributed by atoms with van der Waals surface area (Å²) in [5.41, 5.74) is 0. The van der Waals surface area contributed by atoms with Crippen molar-refractivity contribution in [3.63, 3.8) is 0 Å². The molecule has 5 heteroatoms. The van der Waals surface area contributed by atoms with Crippen molar-refractivity contribution < 1.29 is 14.3 Å². The van der Waals surface area contributed by atoms with Crippen molar-refractivity contribution in [2.45, 2.75) is 26.7 Å². The Balaban J connectivity index is -0.000000320. The average Bonchev–Trinajstić information content (AvgIpc) is 1.87. The summed E-state index contributed by atoms with van der Waals surface area (Å²) in [7, 11) is 0. The summed E-state index contributed by atoms with van der Waals surface area (Å²) < 4.78 is 4.27. The second-order valence-corrected chi connectivity index (χ2v) is 1.55. The first-order valence-corrected chi connectivity index (χ1v) is 2.94. The van der Waals surface area contributed by atoms with Crippen LogP contribution in [0.4, 0.5) is 0 Å². The van der Waals surface area contributed by atoms with E-state index in [1.165, 1.54) is 0 Å². The first-order chi connectivity index (χ1) is 4.20. The number of hydrogen-bond acceptors (Lipinski definition) is 3. The number of carbonyl (C=O) groups excluding carboxylic acids is 2. The van der Waals surface area contributed by atoms with E-state index in [9.17, 15) is 9.59 Å². The van der Waals surface area contributed by atoms with Crippen molar-refractivity contribution in [1.29, 1.82) is 0 Å². The van der Waals surface area contributed by atoms with Crippen LogP contribution in [-0.2, 0) is 14.3 Å². The molecule has 0 bridgehead atoms. The topological polar surface area (TPSA) is 43.4 Å². The predicted octanol–water partition coefficient (Wildman–Crippen LogP) is -0.421. The van der Waals surface area contributed by atoms with Crippen LogP contribution in [0.2, 0.25) is 0 Å². The van der Waals surface area contributed by atoms with Crippen molar-refractivity contribution in [3.05, 3.63) is 0 Å². The van der Waals surface area contributed by atoms with Crippen molar-refractivity contribution in [2.75, 3.05) is 0 Å². The second-order valence-electron chi connectivity index (χ2n) is 1.55. The van der Waals surface area contributed by atoms with Gasteiger partial charge in [0, 0.05) is 12.8 Å². The molecule has 0 aliphatic rings. The predicted molar refractivity (Wildman–Crippen MR) is 46.0 cm³/mol. The van der Waals surface area contributed by atoms with Crippen LogP contribution in [0.5, 0.6) is 0 Å².